The SMILES string of the molecule is COc1ccc(C2CC=Nc3cc(C=Cc4ccc(C(C)C)cc4)cnc3C2C)cc1. The smallest absolute Gasteiger partial charge is 0.118 e. The molecule has 0 spiro atoms. The van der Waals surface area contributed by atoms with Gasteiger partial charge in [0.1, 0.15) is 5.75 Å². The molecule has 2 aromatic carbocycles. The van der Waals surface area contributed by atoms with E-state index in [1.807, 2.05) is 24.5 Å². The second-order valence-electron chi connectivity index (χ2n) is 8.54. The zero-order valence-corrected chi connectivity index (χ0v) is 18.7. The highest BCUT2D eigenvalue weighted by atomic mass is 16.5. The molecule has 1 aliphatic rings. The lowest BCUT2D eigenvalue weighted by Crippen LogP contribution is -2.09. The lowest BCUT2D eigenvalue weighted by atomic mass is 9.83. The molecule has 0 fully saturated rings. The van der Waals surface area contributed by atoms with E-state index in [4.69, 9.17) is 14.7 Å². The van der Waals surface area contributed by atoms with Crippen LogP contribution in [0.2, 0.25) is 0 Å². The Labute approximate surface area is 185 Å². The number of fused-ring (bicyclic) bond motifs is 1. The minimum atomic E-state index is 0.285. The molecule has 0 aliphatic carbocycles. The maximum Gasteiger partial charge on any atom is 0.118 e. The molecule has 3 heteroatoms. The molecule has 2 atom stereocenters. The van der Waals surface area contributed by atoms with Gasteiger partial charge in [-0.2, -0.15) is 0 Å². The highest BCUT2D eigenvalue weighted by molar-refractivity contribution is 5.73. The van der Waals surface area contributed by atoms with E-state index in [0.29, 0.717) is 11.8 Å². The topological polar surface area (TPSA) is 34.5 Å². The first kappa shape index (κ1) is 21.0. The predicted molar refractivity (Wildman–Crippen MR) is 131 cm³/mol. The van der Waals surface area contributed by atoms with Crippen LogP contribution in [0.1, 0.15) is 72.9 Å². The number of aromatic nitrogens is 1. The van der Waals surface area contributed by atoms with Gasteiger partial charge in [0.15, 0.2) is 0 Å². The summed E-state index contributed by atoms with van der Waals surface area (Å²) in [5, 5.41) is 0. The predicted octanol–water partition coefficient (Wildman–Crippen LogP) is 7.38. The molecule has 1 aliphatic heterocycles. The third-order valence-corrected chi connectivity index (χ3v) is 6.16. The highest BCUT2D eigenvalue weighted by Crippen LogP contribution is 2.40. The molecule has 0 amide bonds. The number of benzene rings is 2. The van der Waals surface area contributed by atoms with Gasteiger partial charge >= 0.3 is 0 Å². The molecule has 4 rings (SSSR count). The van der Waals surface area contributed by atoms with E-state index in [0.717, 1.165) is 29.1 Å². The molecular formula is C28H30N2O. The summed E-state index contributed by atoms with van der Waals surface area (Å²) in [7, 11) is 1.70. The van der Waals surface area contributed by atoms with Crippen LogP contribution in [0.25, 0.3) is 12.2 Å². The highest BCUT2D eigenvalue weighted by Gasteiger charge is 2.25. The van der Waals surface area contributed by atoms with Gasteiger partial charge in [-0.15, -0.1) is 0 Å². The van der Waals surface area contributed by atoms with Crippen LogP contribution in [0, 0.1) is 0 Å². The maximum absolute atomic E-state index is 5.30. The molecule has 2 unspecified atom stereocenters. The Morgan fingerprint density at radius 2 is 1.68 bits per heavy atom. The number of hydrogen-bond donors (Lipinski definition) is 0. The Hall–Kier alpha value is -3.20. The van der Waals surface area contributed by atoms with E-state index >= 15 is 0 Å². The van der Waals surface area contributed by atoms with Crippen molar-refractivity contribution in [2.45, 2.75) is 44.9 Å². The van der Waals surface area contributed by atoms with Crippen molar-refractivity contribution in [1.29, 1.82) is 0 Å². The van der Waals surface area contributed by atoms with Gasteiger partial charge in [0.25, 0.3) is 0 Å². The van der Waals surface area contributed by atoms with Crippen LogP contribution in [0.4, 0.5) is 5.69 Å². The largest absolute Gasteiger partial charge is 0.497 e. The number of hydrogen-bond acceptors (Lipinski definition) is 3. The lowest BCUT2D eigenvalue weighted by molar-refractivity contribution is 0.414. The summed E-state index contributed by atoms with van der Waals surface area (Å²) < 4.78 is 5.30. The molecule has 2 heterocycles. The Kier molecular flexibility index (Phi) is 6.31. The number of pyridine rings is 1. The van der Waals surface area contributed by atoms with Crippen molar-refractivity contribution in [2.75, 3.05) is 7.11 Å². The van der Waals surface area contributed by atoms with Gasteiger partial charge in [0.2, 0.25) is 0 Å². The van der Waals surface area contributed by atoms with Crippen LogP contribution >= 0.6 is 0 Å². The van der Waals surface area contributed by atoms with Crippen molar-refractivity contribution in [3.8, 4) is 5.75 Å². The summed E-state index contributed by atoms with van der Waals surface area (Å²) in [4.78, 5) is 9.58. The third kappa shape index (κ3) is 4.77. The van der Waals surface area contributed by atoms with E-state index in [-0.39, 0.29) is 5.92 Å². The van der Waals surface area contributed by atoms with Crippen molar-refractivity contribution in [2.24, 2.45) is 4.99 Å². The summed E-state index contributed by atoms with van der Waals surface area (Å²) >= 11 is 0. The second kappa shape index (κ2) is 9.30. The van der Waals surface area contributed by atoms with E-state index in [1.54, 1.807) is 7.11 Å². The van der Waals surface area contributed by atoms with Crippen LogP contribution in [0.5, 0.6) is 5.75 Å². The Morgan fingerprint density at radius 3 is 2.35 bits per heavy atom. The second-order valence-corrected chi connectivity index (χ2v) is 8.54. The van der Waals surface area contributed by atoms with Crippen molar-refractivity contribution in [1.82, 2.24) is 4.98 Å². The fourth-order valence-electron chi connectivity index (χ4n) is 4.14. The van der Waals surface area contributed by atoms with Crippen LogP contribution < -0.4 is 4.74 Å². The van der Waals surface area contributed by atoms with E-state index < -0.39 is 0 Å². The number of methoxy groups -OCH3 is 1. The maximum atomic E-state index is 5.30. The average Bonchev–Trinajstić information content (AvgIpc) is 2.96. The minimum absolute atomic E-state index is 0.285. The van der Waals surface area contributed by atoms with E-state index in [1.165, 1.54) is 16.7 Å². The Bertz CT molecular complexity index is 1080. The van der Waals surface area contributed by atoms with Gasteiger partial charge in [0.05, 0.1) is 18.5 Å². The average molecular weight is 411 g/mol. The fourth-order valence-corrected chi connectivity index (χ4v) is 4.14. The molecule has 3 aromatic rings. The minimum Gasteiger partial charge on any atom is -0.497 e. The van der Waals surface area contributed by atoms with E-state index in [2.05, 4.69) is 75.4 Å². The van der Waals surface area contributed by atoms with Gasteiger partial charge in [-0.05, 0) is 58.7 Å². The monoisotopic (exact) mass is 410 g/mol. The van der Waals surface area contributed by atoms with Crippen LogP contribution in [-0.2, 0) is 0 Å². The normalized spacial score (nSPS) is 18.2. The summed E-state index contributed by atoms with van der Waals surface area (Å²) in [5.41, 5.74) is 6.95. The van der Waals surface area contributed by atoms with Gasteiger partial charge < -0.3 is 4.74 Å². The Balaban J connectivity index is 1.55. The number of rotatable bonds is 5. The number of ether oxygens (including phenoxy) is 1. The molecule has 3 nitrogen and oxygen atoms in total. The van der Waals surface area contributed by atoms with Crippen molar-refractivity contribution < 1.29 is 4.74 Å². The van der Waals surface area contributed by atoms with E-state index in [9.17, 15) is 0 Å². The lowest BCUT2D eigenvalue weighted by Gasteiger charge is -2.22. The molecule has 0 saturated carbocycles. The molecule has 0 radical (unpaired) electrons. The van der Waals surface area contributed by atoms with Crippen LogP contribution in [0.3, 0.4) is 0 Å². The first-order valence-electron chi connectivity index (χ1n) is 11.0. The quantitative estimate of drug-likeness (QED) is 0.440. The zero-order valence-electron chi connectivity index (χ0n) is 18.7. The van der Waals surface area contributed by atoms with Crippen LogP contribution in [0.15, 0.2) is 65.8 Å². The molecule has 0 saturated heterocycles. The summed E-state index contributed by atoms with van der Waals surface area (Å²) in [5.74, 6) is 2.07. The van der Waals surface area contributed by atoms with Gasteiger partial charge in [-0.3, -0.25) is 9.98 Å². The summed E-state index contributed by atoms with van der Waals surface area (Å²) in [6.45, 7) is 6.68. The first-order valence-corrected chi connectivity index (χ1v) is 11.0. The van der Waals surface area contributed by atoms with Crippen LogP contribution in [-0.4, -0.2) is 18.3 Å². The van der Waals surface area contributed by atoms with Gasteiger partial charge in [0, 0.05) is 18.3 Å². The van der Waals surface area contributed by atoms with Crippen molar-refractivity contribution in [3.05, 3.63) is 88.7 Å². The third-order valence-electron chi connectivity index (χ3n) is 6.16. The molecule has 31 heavy (non-hydrogen) atoms. The summed E-state index contributed by atoms with van der Waals surface area (Å²) in [6.07, 6.45) is 9.15. The van der Waals surface area contributed by atoms with Gasteiger partial charge in [-0.25, -0.2) is 0 Å². The van der Waals surface area contributed by atoms with Crippen molar-refractivity contribution in [3.63, 3.8) is 0 Å². The molecule has 0 N–H and O–H groups in total. The zero-order chi connectivity index (χ0) is 21.8. The number of nitrogens with zero attached hydrogens (tertiary/aromatic N) is 2. The standard InChI is InChI=1S/C28H30N2O/c1-19(2)23-9-7-21(8-10-23)5-6-22-17-27-28(30-18-22)20(3)26(15-16-29-27)24-11-13-25(31-4)14-12-24/h5-14,16-20,26H,15H2,1-4H3. The molecule has 0 bridgehead atoms. The number of aliphatic imine (C=N–C) groups is 1. The molecular weight excluding hydrogens is 380 g/mol. The Morgan fingerprint density at radius 1 is 0.968 bits per heavy atom. The summed E-state index contributed by atoms with van der Waals surface area (Å²) in [6, 6.07) is 19.2. The fraction of sp³-hybridized carbons (Fsp3) is 0.286. The molecule has 158 valence electrons. The first-order chi connectivity index (χ1) is 15.0. The molecule has 1 aromatic heterocycles. The van der Waals surface area contributed by atoms with Crippen molar-refractivity contribution >= 4 is 24.1 Å². The van der Waals surface area contributed by atoms with Gasteiger partial charge in [-0.1, -0.05) is 69.3 Å².